The Labute approximate surface area is 146 Å². The van der Waals surface area contributed by atoms with Crippen LogP contribution >= 0.6 is 0 Å². The van der Waals surface area contributed by atoms with Gasteiger partial charge in [0.1, 0.15) is 5.60 Å². The lowest BCUT2D eigenvalue weighted by Crippen LogP contribution is -2.55. The van der Waals surface area contributed by atoms with Gasteiger partial charge in [0.25, 0.3) is 0 Å². The molecule has 0 heterocycles. The van der Waals surface area contributed by atoms with Crippen LogP contribution in [0.1, 0.15) is 65.2 Å². The fourth-order valence-electron chi connectivity index (χ4n) is 7.19. The second kappa shape index (κ2) is 5.21. The number of terminal acetylenes is 1. The second-order valence-electron chi connectivity index (χ2n) is 9.14. The molecule has 0 bridgehead atoms. The number of carbonyl (C=O) groups is 1. The lowest BCUT2D eigenvalue weighted by atomic mass is 9.46. The van der Waals surface area contributed by atoms with E-state index in [1.54, 1.807) is 7.11 Å². The van der Waals surface area contributed by atoms with Gasteiger partial charge < -0.3 is 4.74 Å². The molecular weight excluding hydrogens is 296 g/mol. The highest BCUT2D eigenvalue weighted by atomic mass is 16.5. The number of fused-ring (bicyclic) bond motifs is 5. The summed E-state index contributed by atoms with van der Waals surface area (Å²) in [7, 11) is 1.80. The number of carbonyl (C=O) groups excluding carboxylic acids is 1. The van der Waals surface area contributed by atoms with E-state index in [0.717, 1.165) is 38.0 Å². The minimum Gasteiger partial charge on any atom is -0.365 e. The highest BCUT2D eigenvalue weighted by molar-refractivity contribution is 5.91. The average Bonchev–Trinajstić information content (AvgIpc) is 2.88. The summed E-state index contributed by atoms with van der Waals surface area (Å²) >= 11 is 0. The maximum absolute atomic E-state index is 11.9. The van der Waals surface area contributed by atoms with Gasteiger partial charge in [0.2, 0.25) is 0 Å². The molecule has 4 aliphatic rings. The van der Waals surface area contributed by atoms with Crippen LogP contribution in [-0.2, 0) is 9.53 Å². The van der Waals surface area contributed by atoms with Gasteiger partial charge in [0.15, 0.2) is 5.78 Å². The van der Waals surface area contributed by atoms with Crippen LogP contribution in [0.5, 0.6) is 0 Å². The summed E-state index contributed by atoms with van der Waals surface area (Å²) in [6, 6.07) is 0. The molecule has 0 radical (unpaired) electrons. The quantitative estimate of drug-likeness (QED) is 0.661. The molecule has 3 saturated carbocycles. The molecule has 4 rings (SSSR count). The van der Waals surface area contributed by atoms with Crippen molar-refractivity contribution in [3.05, 3.63) is 11.6 Å². The normalized spacial score (nSPS) is 50.3. The summed E-state index contributed by atoms with van der Waals surface area (Å²) in [5.41, 5.74) is 1.42. The van der Waals surface area contributed by atoms with Gasteiger partial charge in [0, 0.05) is 18.9 Å². The van der Waals surface area contributed by atoms with E-state index in [-0.39, 0.29) is 16.4 Å². The Bertz CT molecular complexity index is 641. The van der Waals surface area contributed by atoms with E-state index in [9.17, 15) is 4.79 Å². The average molecular weight is 326 g/mol. The molecule has 6 atom stereocenters. The first-order chi connectivity index (χ1) is 11.4. The van der Waals surface area contributed by atoms with Crippen molar-refractivity contribution in [1.82, 2.24) is 0 Å². The fourth-order valence-corrected chi connectivity index (χ4v) is 7.19. The zero-order chi connectivity index (χ0) is 17.2. The van der Waals surface area contributed by atoms with Gasteiger partial charge in [-0.25, -0.2) is 0 Å². The molecule has 0 aliphatic heterocycles. The second-order valence-corrected chi connectivity index (χ2v) is 9.14. The number of rotatable bonds is 1. The van der Waals surface area contributed by atoms with Crippen LogP contribution in [0, 0.1) is 40.9 Å². The molecule has 24 heavy (non-hydrogen) atoms. The standard InChI is InChI=1S/C22H30O2/c1-5-22(24-4)13-10-19-17-7-6-15-14-16(23)8-11-20(15,2)18(17)9-12-21(19,22)3/h1,14,17-19H,6-13H2,2-4H3/t17-,18+,19+,20+,21+,22+/m1/s1. The van der Waals surface area contributed by atoms with Crippen molar-refractivity contribution < 1.29 is 9.53 Å². The zero-order valence-electron chi connectivity index (χ0n) is 15.4. The van der Waals surface area contributed by atoms with Crippen molar-refractivity contribution in [1.29, 1.82) is 0 Å². The van der Waals surface area contributed by atoms with E-state index >= 15 is 0 Å². The number of hydrogen-bond acceptors (Lipinski definition) is 2. The molecule has 0 N–H and O–H groups in total. The summed E-state index contributed by atoms with van der Waals surface area (Å²) < 4.78 is 5.95. The number of methoxy groups -OCH3 is 1. The van der Waals surface area contributed by atoms with Crippen molar-refractivity contribution in [3.63, 3.8) is 0 Å². The number of hydrogen-bond donors (Lipinski definition) is 0. The predicted molar refractivity (Wildman–Crippen MR) is 95.3 cm³/mol. The van der Waals surface area contributed by atoms with E-state index in [1.807, 2.05) is 6.08 Å². The lowest BCUT2D eigenvalue weighted by molar-refractivity contribution is -0.122. The molecule has 130 valence electrons. The third-order valence-electron chi connectivity index (χ3n) is 8.66. The Morgan fingerprint density at radius 2 is 1.88 bits per heavy atom. The Kier molecular flexibility index (Phi) is 3.56. The summed E-state index contributed by atoms with van der Waals surface area (Å²) in [6.45, 7) is 4.83. The van der Waals surface area contributed by atoms with Gasteiger partial charge in [-0.05, 0) is 74.2 Å². The lowest BCUT2D eigenvalue weighted by Gasteiger charge is -2.59. The van der Waals surface area contributed by atoms with Crippen LogP contribution in [0.4, 0.5) is 0 Å². The number of ether oxygens (including phenoxy) is 1. The summed E-state index contributed by atoms with van der Waals surface area (Å²) in [5, 5.41) is 0. The molecule has 3 fully saturated rings. The molecule has 0 aromatic rings. The van der Waals surface area contributed by atoms with Crippen LogP contribution in [0.25, 0.3) is 0 Å². The molecule has 0 aromatic carbocycles. The highest BCUT2D eigenvalue weighted by Crippen LogP contribution is 2.67. The van der Waals surface area contributed by atoms with Gasteiger partial charge in [0.05, 0.1) is 0 Å². The Balaban J connectivity index is 1.70. The zero-order valence-corrected chi connectivity index (χ0v) is 15.4. The van der Waals surface area contributed by atoms with E-state index in [0.29, 0.717) is 17.6 Å². The van der Waals surface area contributed by atoms with E-state index < -0.39 is 0 Å². The van der Waals surface area contributed by atoms with Crippen molar-refractivity contribution in [2.24, 2.45) is 28.6 Å². The minimum absolute atomic E-state index is 0.111. The van der Waals surface area contributed by atoms with E-state index in [2.05, 4.69) is 19.8 Å². The molecule has 0 aromatic heterocycles. The summed E-state index contributed by atoms with van der Waals surface area (Å²) in [6.07, 6.45) is 16.7. The maximum atomic E-state index is 11.9. The van der Waals surface area contributed by atoms with Crippen LogP contribution in [0.15, 0.2) is 11.6 Å². The van der Waals surface area contributed by atoms with Crippen molar-refractivity contribution in [3.8, 4) is 12.3 Å². The van der Waals surface area contributed by atoms with Crippen LogP contribution in [-0.4, -0.2) is 18.5 Å². The van der Waals surface area contributed by atoms with Crippen molar-refractivity contribution in [2.45, 2.75) is 70.8 Å². The van der Waals surface area contributed by atoms with Gasteiger partial charge >= 0.3 is 0 Å². The number of allylic oxidation sites excluding steroid dienone is 1. The topological polar surface area (TPSA) is 26.3 Å². The Morgan fingerprint density at radius 3 is 2.58 bits per heavy atom. The summed E-state index contributed by atoms with van der Waals surface area (Å²) in [5.74, 6) is 5.52. The monoisotopic (exact) mass is 326 g/mol. The minimum atomic E-state index is -0.373. The van der Waals surface area contributed by atoms with Crippen LogP contribution in [0.2, 0.25) is 0 Å². The molecular formula is C22H30O2. The first kappa shape index (κ1) is 16.4. The first-order valence-electron chi connectivity index (χ1n) is 9.67. The highest BCUT2D eigenvalue weighted by Gasteiger charge is 2.64. The molecule has 4 aliphatic carbocycles. The molecule has 0 saturated heterocycles. The fraction of sp³-hybridized carbons (Fsp3) is 0.773. The summed E-state index contributed by atoms with van der Waals surface area (Å²) in [4.78, 5) is 11.9. The SMILES string of the molecule is C#C[C@]1(OC)CC[C@H]2[C@@H]3CCC4=CC(=O)CC[C@]4(C)[C@H]3CC[C@@]21C. The van der Waals surface area contributed by atoms with E-state index in [4.69, 9.17) is 11.2 Å². The van der Waals surface area contributed by atoms with Crippen molar-refractivity contribution in [2.75, 3.05) is 7.11 Å². The smallest absolute Gasteiger partial charge is 0.155 e. The molecule has 0 spiro atoms. The largest absolute Gasteiger partial charge is 0.365 e. The van der Waals surface area contributed by atoms with Crippen LogP contribution < -0.4 is 0 Å². The van der Waals surface area contributed by atoms with Gasteiger partial charge in [-0.15, -0.1) is 6.42 Å². The molecule has 0 amide bonds. The Hall–Kier alpha value is -1.07. The van der Waals surface area contributed by atoms with Crippen molar-refractivity contribution >= 4 is 5.78 Å². The molecule has 0 unspecified atom stereocenters. The maximum Gasteiger partial charge on any atom is 0.155 e. The Morgan fingerprint density at radius 1 is 1.12 bits per heavy atom. The first-order valence-corrected chi connectivity index (χ1v) is 9.67. The third kappa shape index (κ3) is 1.86. The molecule has 2 nitrogen and oxygen atoms in total. The molecule has 2 heteroatoms. The predicted octanol–water partition coefficient (Wildman–Crippen LogP) is 4.54. The third-order valence-corrected chi connectivity index (χ3v) is 8.66. The van der Waals surface area contributed by atoms with Crippen LogP contribution in [0.3, 0.4) is 0 Å². The van der Waals surface area contributed by atoms with Gasteiger partial charge in [-0.1, -0.05) is 25.3 Å². The van der Waals surface area contributed by atoms with Gasteiger partial charge in [-0.2, -0.15) is 0 Å². The van der Waals surface area contributed by atoms with Gasteiger partial charge in [-0.3, -0.25) is 4.79 Å². The van der Waals surface area contributed by atoms with E-state index in [1.165, 1.54) is 24.8 Å². The number of ketones is 1.